The molecule has 1 saturated heterocycles. The molecule has 32 heavy (non-hydrogen) atoms. The Kier molecular flexibility index (Phi) is 6.73. The van der Waals surface area contributed by atoms with Crippen molar-refractivity contribution in [1.29, 1.82) is 0 Å². The number of nitro benzene ring substituents is 1. The molecule has 0 aliphatic carbocycles. The van der Waals surface area contributed by atoms with E-state index in [9.17, 15) is 23.3 Å². The molecule has 9 nitrogen and oxygen atoms in total. The van der Waals surface area contributed by atoms with E-state index in [1.807, 2.05) is 4.90 Å². The van der Waals surface area contributed by atoms with E-state index in [-0.39, 0.29) is 9.79 Å². The third-order valence-electron chi connectivity index (χ3n) is 4.99. The normalized spacial score (nSPS) is 15.2. The highest BCUT2D eigenvalue weighted by atomic mass is 32.2. The number of carbonyl (C=O) groups is 1. The van der Waals surface area contributed by atoms with Crippen LogP contribution < -0.4 is 4.90 Å². The molecule has 0 saturated carbocycles. The van der Waals surface area contributed by atoms with Crippen LogP contribution in [0.3, 0.4) is 0 Å². The van der Waals surface area contributed by atoms with Gasteiger partial charge in [0.2, 0.25) is 9.84 Å². The summed E-state index contributed by atoms with van der Waals surface area (Å²) in [6.07, 6.45) is 0.256. The Morgan fingerprint density at radius 1 is 1.03 bits per heavy atom. The average Bonchev–Trinajstić information content (AvgIpc) is 2.99. The number of anilines is 1. The van der Waals surface area contributed by atoms with Crippen LogP contribution in [0, 0.1) is 10.1 Å². The number of amides is 1. The van der Waals surface area contributed by atoms with Crippen LogP contribution in [0.1, 0.15) is 27.2 Å². The quantitative estimate of drug-likeness (QED) is 0.502. The number of nitro groups is 1. The highest BCUT2D eigenvalue weighted by molar-refractivity contribution is 7.91. The van der Waals surface area contributed by atoms with E-state index in [1.165, 1.54) is 24.3 Å². The molecule has 172 valence electrons. The molecule has 1 heterocycles. The van der Waals surface area contributed by atoms with E-state index in [0.29, 0.717) is 38.3 Å². The first-order chi connectivity index (χ1) is 15.0. The topological polar surface area (TPSA) is 110 Å². The Bertz CT molecular complexity index is 1100. The molecule has 1 aliphatic heterocycles. The monoisotopic (exact) mass is 461 g/mol. The van der Waals surface area contributed by atoms with Crippen molar-refractivity contribution >= 4 is 27.3 Å². The number of ether oxygens (including phenoxy) is 1. The van der Waals surface area contributed by atoms with Gasteiger partial charge in [0.15, 0.2) is 0 Å². The minimum absolute atomic E-state index is 0.00127. The molecule has 2 aromatic carbocycles. The van der Waals surface area contributed by atoms with Gasteiger partial charge in [0, 0.05) is 37.9 Å². The van der Waals surface area contributed by atoms with E-state index >= 15 is 0 Å². The number of nitrogens with zero attached hydrogens (tertiary/aromatic N) is 3. The van der Waals surface area contributed by atoms with Crippen LogP contribution in [-0.2, 0) is 14.6 Å². The van der Waals surface area contributed by atoms with Gasteiger partial charge in [0.25, 0.3) is 5.69 Å². The van der Waals surface area contributed by atoms with Crippen molar-refractivity contribution < 1.29 is 22.9 Å². The Morgan fingerprint density at radius 3 is 2.34 bits per heavy atom. The van der Waals surface area contributed by atoms with Crippen molar-refractivity contribution in [3.05, 3.63) is 58.6 Å². The second kappa shape index (κ2) is 9.15. The summed E-state index contributed by atoms with van der Waals surface area (Å²) >= 11 is 0. The van der Waals surface area contributed by atoms with Gasteiger partial charge >= 0.3 is 6.09 Å². The standard InChI is InChI=1S/C22H27N3O6S/c1-22(2,3)31-21(26)24-13-7-12-23(14-15-24)17-10-11-20(19(16-17)25(27)28)32(29,30)18-8-5-4-6-9-18/h4-6,8-11,16H,7,12-15H2,1-3H3. The largest absolute Gasteiger partial charge is 0.444 e. The van der Waals surface area contributed by atoms with Crippen LogP contribution in [0.2, 0.25) is 0 Å². The fourth-order valence-corrected chi connectivity index (χ4v) is 4.91. The third kappa shape index (κ3) is 5.37. The Morgan fingerprint density at radius 2 is 1.72 bits per heavy atom. The van der Waals surface area contributed by atoms with Crippen molar-refractivity contribution in [3.63, 3.8) is 0 Å². The van der Waals surface area contributed by atoms with Crippen LogP contribution in [-0.4, -0.2) is 56.1 Å². The number of carbonyl (C=O) groups excluding carboxylic acids is 1. The summed E-state index contributed by atoms with van der Waals surface area (Å²) in [7, 11) is -4.04. The first-order valence-corrected chi connectivity index (χ1v) is 11.8. The van der Waals surface area contributed by atoms with Gasteiger partial charge in [-0.15, -0.1) is 0 Å². The molecule has 1 amide bonds. The summed E-state index contributed by atoms with van der Waals surface area (Å²) in [6.45, 7) is 7.33. The fourth-order valence-electron chi connectivity index (χ4n) is 3.48. The first-order valence-electron chi connectivity index (χ1n) is 10.3. The number of sulfone groups is 1. The summed E-state index contributed by atoms with van der Waals surface area (Å²) in [5.41, 5.74) is -0.529. The van der Waals surface area contributed by atoms with Gasteiger partial charge in [-0.05, 0) is 51.5 Å². The molecule has 0 aromatic heterocycles. The van der Waals surface area contributed by atoms with E-state index in [2.05, 4.69) is 0 Å². The predicted octanol–water partition coefficient (Wildman–Crippen LogP) is 3.87. The molecule has 0 unspecified atom stereocenters. The van der Waals surface area contributed by atoms with Gasteiger partial charge in [-0.3, -0.25) is 10.1 Å². The zero-order chi connectivity index (χ0) is 23.5. The highest BCUT2D eigenvalue weighted by Crippen LogP contribution is 2.33. The maximum atomic E-state index is 13.0. The van der Waals surface area contributed by atoms with Gasteiger partial charge in [0.05, 0.1) is 9.82 Å². The van der Waals surface area contributed by atoms with E-state index in [1.54, 1.807) is 49.9 Å². The molecule has 0 atom stereocenters. The summed E-state index contributed by atoms with van der Waals surface area (Å²) < 4.78 is 31.3. The van der Waals surface area contributed by atoms with Crippen molar-refractivity contribution in [2.24, 2.45) is 0 Å². The van der Waals surface area contributed by atoms with Gasteiger partial charge in [-0.2, -0.15) is 0 Å². The highest BCUT2D eigenvalue weighted by Gasteiger charge is 2.30. The lowest BCUT2D eigenvalue weighted by atomic mass is 10.2. The smallest absolute Gasteiger partial charge is 0.410 e. The van der Waals surface area contributed by atoms with Crippen molar-refractivity contribution in [3.8, 4) is 0 Å². The number of rotatable bonds is 4. The summed E-state index contributed by atoms with van der Waals surface area (Å²) in [4.78, 5) is 26.6. The lowest BCUT2D eigenvalue weighted by Crippen LogP contribution is -2.39. The average molecular weight is 462 g/mol. The zero-order valence-corrected chi connectivity index (χ0v) is 19.2. The van der Waals surface area contributed by atoms with Crippen molar-refractivity contribution in [2.75, 3.05) is 31.1 Å². The predicted molar refractivity (Wildman–Crippen MR) is 120 cm³/mol. The Labute approximate surface area is 187 Å². The van der Waals surface area contributed by atoms with Gasteiger partial charge in [-0.1, -0.05) is 18.2 Å². The fraction of sp³-hybridized carbons (Fsp3) is 0.409. The molecule has 0 spiro atoms. The Hall–Kier alpha value is -3.14. The van der Waals surface area contributed by atoms with Crippen LogP contribution in [0.15, 0.2) is 58.3 Å². The van der Waals surface area contributed by atoms with E-state index in [0.717, 1.165) is 0 Å². The molecule has 0 bridgehead atoms. The number of benzene rings is 2. The molecule has 0 N–H and O–H groups in total. The summed E-state index contributed by atoms with van der Waals surface area (Å²) in [5.74, 6) is 0. The van der Waals surface area contributed by atoms with Crippen LogP contribution in [0.25, 0.3) is 0 Å². The van der Waals surface area contributed by atoms with Gasteiger partial charge in [0.1, 0.15) is 10.5 Å². The Balaban J connectivity index is 1.85. The zero-order valence-electron chi connectivity index (χ0n) is 18.4. The SMILES string of the molecule is CC(C)(C)OC(=O)N1CCCN(c2ccc(S(=O)(=O)c3ccccc3)c([N+](=O)[O-])c2)CC1. The minimum Gasteiger partial charge on any atom is -0.444 e. The molecular weight excluding hydrogens is 434 g/mol. The molecular formula is C22H27N3O6S. The molecule has 1 aliphatic rings. The molecule has 10 heteroatoms. The van der Waals surface area contributed by atoms with Crippen molar-refractivity contribution in [1.82, 2.24) is 4.90 Å². The van der Waals surface area contributed by atoms with Gasteiger partial charge < -0.3 is 14.5 Å². The van der Waals surface area contributed by atoms with Crippen LogP contribution in [0.4, 0.5) is 16.2 Å². The summed E-state index contributed by atoms with van der Waals surface area (Å²) in [5, 5.41) is 11.7. The maximum Gasteiger partial charge on any atom is 0.410 e. The second-order valence-electron chi connectivity index (χ2n) is 8.53. The van der Waals surface area contributed by atoms with Crippen molar-refractivity contribution in [2.45, 2.75) is 42.6 Å². The number of hydrogen-bond donors (Lipinski definition) is 0. The molecule has 3 rings (SSSR count). The van der Waals surface area contributed by atoms with E-state index < -0.39 is 32.1 Å². The second-order valence-corrected chi connectivity index (χ2v) is 10.5. The first kappa shape index (κ1) is 23.5. The molecule has 0 radical (unpaired) electrons. The lowest BCUT2D eigenvalue weighted by molar-refractivity contribution is -0.387. The van der Waals surface area contributed by atoms with E-state index in [4.69, 9.17) is 4.74 Å². The molecule has 1 fully saturated rings. The van der Waals surface area contributed by atoms with Crippen LogP contribution >= 0.6 is 0 Å². The summed E-state index contributed by atoms with van der Waals surface area (Å²) in [6, 6.07) is 11.8. The molecule has 2 aromatic rings. The number of hydrogen-bond acceptors (Lipinski definition) is 7. The minimum atomic E-state index is -4.04. The maximum absolute atomic E-state index is 13.0. The third-order valence-corrected chi connectivity index (χ3v) is 6.81. The van der Waals surface area contributed by atoms with Crippen LogP contribution in [0.5, 0.6) is 0 Å². The van der Waals surface area contributed by atoms with Gasteiger partial charge in [-0.25, -0.2) is 13.2 Å². The lowest BCUT2D eigenvalue weighted by Gasteiger charge is -2.27.